The normalized spacial score (nSPS) is 10.0. The largest absolute Gasteiger partial charge is 0.332 e. The van der Waals surface area contributed by atoms with E-state index in [-0.39, 0.29) is 11.0 Å². The highest BCUT2D eigenvalue weighted by molar-refractivity contribution is 7.80. The van der Waals surface area contributed by atoms with Crippen LogP contribution in [0, 0.1) is 13.8 Å². The molecule has 2 rings (SSSR count). The summed E-state index contributed by atoms with van der Waals surface area (Å²) in [6.07, 6.45) is 0. The average molecular weight is 319 g/mol. The van der Waals surface area contributed by atoms with Gasteiger partial charge in [0.25, 0.3) is 5.91 Å². The van der Waals surface area contributed by atoms with Crippen LogP contribution < -0.4 is 10.6 Å². The van der Waals surface area contributed by atoms with E-state index < -0.39 is 0 Å². The number of benzene rings is 2. The number of hydrogen-bond acceptors (Lipinski definition) is 2. The third kappa shape index (κ3) is 4.28. The Hall–Kier alpha value is -1.91. The van der Waals surface area contributed by atoms with Crippen molar-refractivity contribution in [3.05, 3.63) is 64.2 Å². The van der Waals surface area contributed by atoms with E-state index in [4.69, 9.17) is 23.8 Å². The topological polar surface area (TPSA) is 41.1 Å². The number of halogens is 1. The number of rotatable bonds is 2. The molecule has 5 heteroatoms. The maximum Gasteiger partial charge on any atom is 0.257 e. The maximum absolute atomic E-state index is 12.2. The minimum Gasteiger partial charge on any atom is -0.332 e. The number of amides is 1. The summed E-state index contributed by atoms with van der Waals surface area (Å²) >= 11 is 11.0. The fourth-order valence-electron chi connectivity index (χ4n) is 1.93. The van der Waals surface area contributed by atoms with Crippen molar-refractivity contribution in [2.24, 2.45) is 0 Å². The van der Waals surface area contributed by atoms with Crippen LogP contribution in [0.1, 0.15) is 21.5 Å². The molecular formula is C16H15ClN2OS. The number of aryl methyl sites for hydroxylation is 2. The monoisotopic (exact) mass is 318 g/mol. The molecule has 0 spiro atoms. The molecule has 0 aliphatic carbocycles. The first kappa shape index (κ1) is 15.5. The Morgan fingerprint density at radius 2 is 1.76 bits per heavy atom. The first-order valence-corrected chi connectivity index (χ1v) is 7.19. The number of anilines is 1. The van der Waals surface area contributed by atoms with Gasteiger partial charge in [-0.25, -0.2) is 0 Å². The summed E-state index contributed by atoms with van der Waals surface area (Å²) in [5.41, 5.74) is 3.42. The maximum atomic E-state index is 12.2. The third-order valence-electron chi connectivity index (χ3n) is 2.96. The Morgan fingerprint density at radius 3 is 2.38 bits per heavy atom. The van der Waals surface area contributed by atoms with Gasteiger partial charge >= 0.3 is 0 Å². The minimum atomic E-state index is -0.223. The van der Waals surface area contributed by atoms with Gasteiger partial charge in [0.15, 0.2) is 5.11 Å². The van der Waals surface area contributed by atoms with Crippen LogP contribution in [0.2, 0.25) is 5.02 Å². The SMILES string of the molecule is Cc1ccc(C(=O)NC(=S)Nc2ccc(Cl)cc2)c(C)c1. The predicted molar refractivity (Wildman–Crippen MR) is 91.1 cm³/mol. The van der Waals surface area contributed by atoms with E-state index in [1.54, 1.807) is 30.3 Å². The van der Waals surface area contributed by atoms with Crippen molar-refractivity contribution < 1.29 is 4.79 Å². The summed E-state index contributed by atoms with van der Waals surface area (Å²) in [4.78, 5) is 12.2. The van der Waals surface area contributed by atoms with Gasteiger partial charge in [-0.1, -0.05) is 29.3 Å². The molecule has 21 heavy (non-hydrogen) atoms. The van der Waals surface area contributed by atoms with Crippen LogP contribution in [0.5, 0.6) is 0 Å². The van der Waals surface area contributed by atoms with Gasteiger partial charge in [0.05, 0.1) is 0 Å². The molecule has 0 unspecified atom stereocenters. The van der Waals surface area contributed by atoms with Crippen LogP contribution in [0.25, 0.3) is 0 Å². The van der Waals surface area contributed by atoms with Crippen LogP contribution >= 0.6 is 23.8 Å². The number of hydrogen-bond donors (Lipinski definition) is 2. The lowest BCUT2D eigenvalue weighted by Crippen LogP contribution is -2.34. The smallest absolute Gasteiger partial charge is 0.257 e. The standard InChI is InChI=1S/C16H15ClN2OS/c1-10-3-8-14(11(2)9-10)15(20)19-16(21)18-13-6-4-12(17)5-7-13/h3-9H,1-2H3,(H2,18,19,20,21). The lowest BCUT2D eigenvalue weighted by molar-refractivity contribution is 0.0977. The highest BCUT2D eigenvalue weighted by atomic mass is 35.5. The van der Waals surface area contributed by atoms with Crippen molar-refractivity contribution in [1.82, 2.24) is 5.32 Å². The molecule has 2 aromatic carbocycles. The molecule has 0 aromatic heterocycles. The van der Waals surface area contributed by atoms with E-state index >= 15 is 0 Å². The van der Waals surface area contributed by atoms with Gasteiger partial charge in [0.1, 0.15) is 0 Å². The molecule has 108 valence electrons. The number of nitrogens with one attached hydrogen (secondary N) is 2. The van der Waals surface area contributed by atoms with Gasteiger partial charge in [0, 0.05) is 16.3 Å². The summed E-state index contributed by atoms with van der Waals surface area (Å²) in [6, 6.07) is 12.7. The third-order valence-corrected chi connectivity index (χ3v) is 3.41. The van der Waals surface area contributed by atoms with Crippen molar-refractivity contribution in [3.8, 4) is 0 Å². The second-order valence-corrected chi connectivity index (χ2v) is 5.58. The van der Waals surface area contributed by atoms with E-state index in [0.29, 0.717) is 10.6 Å². The van der Waals surface area contributed by atoms with Gasteiger partial charge in [-0.3, -0.25) is 10.1 Å². The van der Waals surface area contributed by atoms with Gasteiger partial charge in [-0.2, -0.15) is 0 Å². The Bertz CT molecular complexity index is 683. The second-order valence-electron chi connectivity index (χ2n) is 4.73. The Morgan fingerprint density at radius 1 is 1.10 bits per heavy atom. The predicted octanol–water partition coefficient (Wildman–Crippen LogP) is 4.08. The molecule has 0 aliphatic rings. The van der Waals surface area contributed by atoms with Crippen LogP contribution in [0.3, 0.4) is 0 Å². The first-order chi connectivity index (χ1) is 9.95. The molecule has 0 saturated heterocycles. The molecule has 0 fully saturated rings. The summed E-state index contributed by atoms with van der Waals surface area (Å²) in [5, 5.41) is 6.51. The van der Waals surface area contributed by atoms with Crippen molar-refractivity contribution >= 4 is 40.5 Å². The van der Waals surface area contributed by atoms with E-state index in [9.17, 15) is 4.79 Å². The number of thiocarbonyl (C=S) groups is 1. The van der Waals surface area contributed by atoms with Crippen LogP contribution in [0.4, 0.5) is 5.69 Å². The first-order valence-electron chi connectivity index (χ1n) is 6.41. The van der Waals surface area contributed by atoms with Gasteiger partial charge < -0.3 is 5.32 Å². The summed E-state index contributed by atoms with van der Waals surface area (Å²) in [6.45, 7) is 3.89. The fraction of sp³-hybridized carbons (Fsp3) is 0.125. The molecule has 0 saturated carbocycles. The fourth-order valence-corrected chi connectivity index (χ4v) is 2.27. The number of carbonyl (C=O) groups excluding carboxylic acids is 1. The molecule has 2 aromatic rings. The van der Waals surface area contributed by atoms with E-state index in [1.807, 2.05) is 26.0 Å². The molecule has 0 aliphatic heterocycles. The van der Waals surface area contributed by atoms with Crippen molar-refractivity contribution in [2.45, 2.75) is 13.8 Å². The second kappa shape index (κ2) is 6.70. The average Bonchev–Trinajstić information content (AvgIpc) is 2.41. The molecule has 2 N–H and O–H groups in total. The van der Waals surface area contributed by atoms with Gasteiger partial charge in [-0.15, -0.1) is 0 Å². The highest BCUT2D eigenvalue weighted by Crippen LogP contribution is 2.14. The van der Waals surface area contributed by atoms with Gasteiger partial charge in [0.2, 0.25) is 0 Å². The van der Waals surface area contributed by atoms with Crippen LogP contribution in [-0.4, -0.2) is 11.0 Å². The van der Waals surface area contributed by atoms with Crippen LogP contribution in [0.15, 0.2) is 42.5 Å². The zero-order valence-corrected chi connectivity index (χ0v) is 13.3. The van der Waals surface area contributed by atoms with Crippen LogP contribution in [-0.2, 0) is 0 Å². The summed E-state index contributed by atoms with van der Waals surface area (Å²) < 4.78 is 0. The summed E-state index contributed by atoms with van der Waals surface area (Å²) in [5.74, 6) is -0.223. The Labute approximate surface area is 134 Å². The molecule has 0 atom stereocenters. The van der Waals surface area contributed by atoms with E-state index in [2.05, 4.69) is 10.6 Å². The van der Waals surface area contributed by atoms with Crippen molar-refractivity contribution in [3.63, 3.8) is 0 Å². The van der Waals surface area contributed by atoms with Gasteiger partial charge in [-0.05, 0) is 62.0 Å². The lowest BCUT2D eigenvalue weighted by atomic mass is 10.1. The Kier molecular flexibility index (Phi) is 4.94. The zero-order valence-electron chi connectivity index (χ0n) is 11.7. The van der Waals surface area contributed by atoms with Crippen molar-refractivity contribution in [1.29, 1.82) is 0 Å². The van der Waals surface area contributed by atoms with E-state index in [1.165, 1.54) is 0 Å². The molecule has 3 nitrogen and oxygen atoms in total. The lowest BCUT2D eigenvalue weighted by Gasteiger charge is -2.11. The minimum absolute atomic E-state index is 0.223. The highest BCUT2D eigenvalue weighted by Gasteiger charge is 2.10. The molecular weight excluding hydrogens is 304 g/mol. The molecule has 1 amide bonds. The quantitative estimate of drug-likeness (QED) is 0.820. The zero-order chi connectivity index (χ0) is 15.4. The number of carbonyl (C=O) groups is 1. The molecule has 0 heterocycles. The van der Waals surface area contributed by atoms with E-state index in [0.717, 1.165) is 16.8 Å². The summed E-state index contributed by atoms with van der Waals surface area (Å²) in [7, 11) is 0. The molecule has 0 radical (unpaired) electrons. The molecule has 0 bridgehead atoms. The van der Waals surface area contributed by atoms with Crippen molar-refractivity contribution in [2.75, 3.05) is 5.32 Å². The Balaban J connectivity index is 2.02.